The molecule has 1 heterocycles. The molecule has 2 unspecified atom stereocenters. The molecular weight excluding hydrogens is 290 g/mol. The number of rotatable bonds is 8. The van der Waals surface area contributed by atoms with Crippen LogP contribution in [0.1, 0.15) is 47.0 Å². The molecule has 2 atom stereocenters. The molecule has 0 aromatic heterocycles. The molecule has 134 valence electrons. The fourth-order valence-electron chi connectivity index (χ4n) is 2.68. The first-order chi connectivity index (χ1) is 10.9. The molecule has 4 N–H and O–H groups in total. The van der Waals surface area contributed by atoms with Crippen LogP contribution in [0, 0.1) is 11.8 Å². The minimum atomic E-state index is -0.158. The van der Waals surface area contributed by atoms with Gasteiger partial charge in [-0.3, -0.25) is 9.79 Å². The highest BCUT2D eigenvalue weighted by atomic mass is 16.1. The second-order valence-electron chi connectivity index (χ2n) is 6.83. The van der Waals surface area contributed by atoms with Crippen LogP contribution < -0.4 is 16.4 Å². The maximum absolute atomic E-state index is 11.3. The van der Waals surface area contributed by atoms with Gasteiger partial charge >= 0.3 is 0 Å². The third-order valence-electron chi connectivity index (χ3n) is 4.52. The Bertz CT molecular complexity index is 383. The second kappa shape index (κ2) is 10.5. The number of amides is 1. The highest BCUT2D eigenvalue weighted by Crippen LogP contribution is 2.15. The first-order valence-corrected chi connectivity index (χ1v) is 9.00. The van der Waals surface area contributed by atoms with E-state index in [1.54, 1.807) is 0 Å². The van der Waals surface area contributed by atoms with E-state index >= 15 is 0 Å². The fourth-order valence-corrected chi connectivity index (χ4v) is 2.68. The molecule has 6 heteroatoms. The Hall–Kier alpha value is -1.30. The summed E-state index contributed by atoms with van der Waals surface area (Å²) in [7, 11) is 0. The van der Waals surface area contributed by atoms with E-state index in [1.807, 2.05) is 0 Å². The zero-order valence-corrected chi connectivity index (χ0v) is 15.3. The topological polar surface area (TPSA) is 82.8 Å². The molecule has 1 aliphatic rings. The molecule has 1 fully saturated rings. The van der Waals surface area contributed by atoms with E-state index in [4.69, 9.17) is 5.73 Å². The number of nitrogens with zero attached hydrogens (tertiary/aromatic N) is 2. The number of hydrogen-bond acceptors (Lipinski definition) is 3. The molecule has 0 aromatic carbocycles. The van der Waals surface area contributed by atoms with Crippen molar-refractivity contribution in [3.8, 4) is 0 Å². The van der Waals surface area contributed by atoms with Crippen LogP contribution in [-0.4, -0.2) is 55.5 Å². The summed E-state index contributed by atoms with van der Waals surface area (Å²) < 4.78 is 0. The smallest absolute Gasteiger partial charge is 0.221 e. The minimum Gasteiger partial charge on any atom is -0.369 e. The van der Waals surface area contributed by atoms with Crippen molar-refractivity contribution in [2.75, 3.05) is 32.7 Å². The summed E-state index contributed by atoms with van der Waals surface area (Å²) in [4.78, 5) is 18.3. The standard InChI is InChI=1S/C17H35N5O/c1-5-19-17(21-14(4)13(2)3)20-9-7-11-22-10-6-8-15(12-22)16(18)23/h13-15H,5-12H2,1-4H3,(H2,18,23)(H2,19,20,21). The Morgan fingerprint density at radius 1 is 1.39 bits per heavy atom. The van der Waals surface area contributed by atoms with Gasteiger partial charge in [-0.2, -0.15) is 0 Å². The maximum atomic E-state index is 11.3. The van der Waals surface area contributed by atoms with Crippen LogP contribution in [0.25, 0.3) is 0 Å². The monoisotopic (exact) mass is 325 g/mol. The number of likely N-dealkylation sites (tertiary alicyclic amines) is 1. The summed E-state index contributed by atoms with van der Waals surface area (Å²) in [6, 6.07) is 0.395. The predicted molar refractivity (Wildman–Crippen MR) is 96.4 cm³/mol. The zero-order valence-electron chi connectivity index (χ0n) is 15.3. The molecule has 0 spiro atoms. The van der Waals surface area contributed by atoms with Crippen molar-refractivity contribution >= 4 is 11.9 Å². The average Bonchev–Trinajstić information content (AvgIpc) is 2.51. The summed E-state index contributed by atoms with van der Waals surface area (Å²) in [5.74, 6) is 1.33. The van der Waals surface area contributed by atoms with Gasteiger partial charge in [-0.1, -0.05) is 13.8 Å². The average molecular weight is 326 g/mol. The van der Waals surface area contributed by atoms with Gasteiger partial charge in [0.15, 0.2) is 5.96 Å². The Kier molecular flexibility index (Phi) is 8.99. The largest absolute Gasteiger partial charge is 0.369 e. The van der Waals surface area contributed by atoms with Crippen molar-refractivity contribution in [3.05, 3.63) is 0 Å². The maximum Gasteiger partial charge on any atom is 0.221 e. The highest BCUT2D eigenvalue weighted by molar-refractivity contribution is 5.80. The summed E-state index contributed by atoms with van der Waals surface area (Å²) in [5.41, 5.74) is 5.42. The lowest BCUT2D eigenvalue weighted by Gasteiger charge is -2.30. The van der Waals surface area contributed by atoms with Gasteiger partial charge in [0.25, 0.3) is 0 Å². The highest BCUT2D eigenvalue weighted by Gasteiger charge is 2.23. The molecule has 23 heavy (non-hydrogen) atoms. The number of carbonyl (C=O) groups is 1. The molecule has 0 saturated carbocycles. The van der Waals surface area contributed by atoms with Crippen molar-refractivity contribution < 1.29 is 4.79 Å². The third-order valence-corrected chi connectivity index (χ3v) is 4.52. The summed E-state index contributed by atoms with van der Waals surface area (Å²) in [5, 5.41) is 6.73. The van der Waals surface area contributed by atoms with E-state index < -0.39 is 0 Å². The van der Waals surface area contributed by atoms with Gasteiger partial charge < -0.3 is 21.3 Å². The van der Waals surface area contributed by atoms with Crippen molar-refractivity contribution in [3.63, 3.8) is 0 Å². The SMILES string of the molecule is CCNC(=NCCCN1CCCC(C(N)=O)C1)NC(C)C(C)C. The first-order valence-electron chi connectivity index (χ1n) is 9.00. The first kappa shape index (κ1) is 19.7. The van der Waals surface area contributed by atoms with Crippen LogP contribution in [-0.2, 0) is 4.79 Å². The van der Waals surface area contributed by atoms with E-state index in [0.717, 1.165) is 57.9 Å². The summed E-state index contributed by atoms with van der Waals surface area (Å²) in [6.45, 7) is 13.2. The van der Waals surface area contributed by atoms with Crippen molar-refractivity contribution in [2.24, 2.45) is 22.6 Å². The van der Waals surface area contributed by atoms with E-state index in [1.165, 1.54) is 0 Å². The van der Waals surface area contributed by atoms with Gasteiger partial charge in [-0.25, -0.2) is 0 Å². The van der Waals surface area contributed by atoms with Crippen LogP contribution >= 0.6 is 0 Å². The molecule has 1 rings (SSSR count). The van der Waals surface area contributed by atoms with Crippen molar-refractivity contribution in [1.29, 1.82) is 0 Å². The van der Waals surface area contributed by atoms with Crippen LogP contribution in [0.2, 0.25) is 0 Å². The molecule has 6 nitrogen and oxygen atoms in total. The Morgan fingerprint density at radius 3 is 2.74 bits per heavy atom. The Morgan fingerprint density at radius 2 is 2.13 bits per heavy atom. The molecule has 1 saturated heterocycles. The second-order valence-corrected chi connectivity index (χ2v) is 6.83. The number of guanidine groups is 1. The molecular formula is C17H35N5O. The van der Waals surface area contributed by atoms with Gasteiger partial charge in [0.2, 0.25) is 5.91 Å². The summed E-state index contributed by atoms with van der Waals surface area (Å²) in [6.07, 6.45) is 3.00. The van der Waals surface area contributed by atoms with Gasteiger partial charge in [0.05, 0.1) is 5.92 Å². The quantitative estimate of drug-likeness (QED) is 0.355. The Labute approximate surface area is 141 Å². The number of hydrogen-bond donors (Lipinski definition) is 3. The van der Waals surface area contributed by atoms with E-state index in [2.05, 4.69) is 48.2 Å². The lowest BCUT2D eigenvalue weighted by Crippen LogP contribution is -2.44. The van der Waals surface area contributed by atoms with Crippen molar-refractivity contribution in [1.82, 2.24) is 15.5 Å². The lowest BCUT2D eigenvalue weighted by atomic mass is 9.97. The summed E-state index contributed by atoms with van der Waals surface area (Å²) >= 11 is 0. The fraction of sp³-hybridized carbons (Fsp3) is 0.882. The van der Waals surface area contributed by atoms with E-state index in [9.17, 15) is 4.79 Å². The van der Waals surface area contributed by atoms with Gasteiger partial charge in [-0.15, -0.1) is 0 Å². The number of nitrogens with one attached hydrogen (secondary N) is 2. The lowest BCUT2D eigenvalue weighted by molar-refractivity contribution is -0.123. The molecule has 0 bridgehead atoms. The third kappa shape index (κ3) is 7.68. The molecule has 0 aromatic rings. The number of nitrogens with two attached hydrogens (primary N) is 1. The van der Waals surface area contributed by atoms with E-state index in [0.29, 0.717) is 12.0 Å². The number of primary amides is 1. The van der Waals surface area contributed by atoms with Crippen LogP contribution in [0.4, 0.5) is 0 Å². The number of aliphatic imine (C=N–C) groups is 1. The number of piperidine rings is 1. The predicted octanol–water partition coefficient (Wildman–Crippen LogP) is 1.17. The molecule has 0 radical (unpaired) electrons. The van der Waals surface area contributed by atoms with Gasteiger partial charge in [0.1, 0.15) is 0 Å². The van der Waals surface area contributed by atoms with Crippen LogP contribution in [0.15, 0.2) is 4.99 Å². The van der Waals surface area contributed by atoms with Crippen LogP contribution in [0.5, 0.6) is 0 Å². The molecule has 1 amide bonds. The Balaban J connectivity index is 2.35. The van der Waals surface area contributed by atoms with Crippen molar-refractivity contribution in [2.45, 2.75) is 53.0 Å². The minimum absolute atomic E-state index is 0.0260. The normalized spacial score (nSPS) is 21.3. The van der Waals surface area contributed by atoms with Gasteiger partial charge in [0, 0.05) is 25.7 Å². The van der Waals surface area contributed by atoms with Gasteiger partial charge in [-0.05, 0) is 52.1 Å². The molecule has 0 aliphatic carbocycles. The number of carbonyl (C=O) groups excluding carboxylic acids is 1. The molecule has 1 aliphatic heterocycles. The zero-order chi connectivity index (χ0) is 17.2. The van der Waals surface area contributed by atoms with E-state index in [-0.39, 0.29) is 11.8 Å². The van der Waals surface area contributed by atoms with Crippen LogP contribution in [0.3, 0.4) is 0 Å².